The van der Waals surface area contributed by atoms with Crippen LogP contribution < -0.4 is 5.43 Å². The number of carbonyl (C=O) groups is 1. The SMILES string of the molecule is CCCOC(=O)Cc1ccc(-c2cc(=O)c3ccccc3o2)cc1. The molecule has 0 amide bonds. The lowest BCUT2D eigenvalue weighted by Gasteiger charge is -2.06. The van der Waals surface area contributed by atoms with E-state index in [-0.39, 0.29) is 17.8 Å². The molecular weight excluding hydrogens is 304 g/mol. The first-order valence-electron chi connectivity index (χ1n) is 7.95. The van der Waals surface area contributed by atoms with E-state index < -0.39 is 0 Å². The van der Waals surface area contributed by atoms with E-state index in [2.05, 4.69) is 0 Å². The van der Waals surface area contributed by atoms with Crippen molar-refractivity contribution in [2.75, 3.05) is 6.61 Å². The normalized spacial score (nSPS) is 10.7. The van der Waals surface area contributed by atoms with Crippen molar-refractivity contribution in [3.63, 3.8) is 0 Å². The minimum Gasteiger partial charge on any atom is -0.465 e. The molecule has 0 unspecified atom stereocenters. The summed E-state index contributed by atoms with van der Waals surface area (Å²) in [4.78, 5) is 23.8. The predicted molar refractivity (Wildman–Crippen MR) is 92.9 cm³/mol. The molecule has 0 atom stereocenters. The minimum absolute atomic E-state index is 0.0703. The third kappa shape index (κ3) is 3.54. The van der Waals surface area contributed by atoms with Crippen LogP contribution in [0.2, 0.25) is 0 Å². The quantitative estimate of drug-likeness (QED) is 0.667. The molecule has 0 fully saturated rings. The number of ether oxygens (including phenoxy) is 1. The van der Waals surface area contributed by atoms with Crippen LogP contribution in [0.15, 0.2) is 63.8 Å². The Bertz CT molecular complexity index is 907. The second kappa shape index (κ2) is 7.13. The molecule has 3 aromatic rings. The maximum absolute atomic E-state index is 12.2. The highest BCUT2D eigenvalue weighted by molar-refractivity contribution is 5.78. The maximum atomic E-state index is 12.2. The lowest BCUT2D eigenvalue weighted by Crippen LogP contribution is -2.08. The van der Waals surface area contributed by atoms with Crippen molar-refractivity contribution in [3.8, 4) is 11.3 Å². The zero-order valence-corrected chi connectivity index (χ0v) is 13.5. The minimum atomic E-state index is -0.234. The van der Waals surface area contributed by atoms with Crippen LogP contribution in [0.1, 0.15) is 18.9 Å². The van der Waals surface area contributed by atoms with Gasteiger partial charge < -0.3 is 9.15 Å². The molecule has 2 aromatic carbocycles. The summed E-state index contributed by atoms with van der Waals surface area (Å²) in [6.45, 7) is 2.40. The molecule has 0 aliphatic heterocycles. The van der Waals surface area contributed by atoms with Gasteiger partial charge in [-0.05, 0) is 24.1 Å². The Morgan fingerprint density at radius 1 is 1.08 bits per heavy atom. The molecule has 0 N–H and O–H groups in total. The van der Waals surface area contributed by atoms with Crippen molar-refractivity contribution in [1.82, 2.24) is 0 Å². The maximum Gasteiger partial charge on any atom is 0.310 e. The number of para-hydroxylation sites is 1. The van der Waals surface area contributed by atoms with Gasteiger partial charge in [0.2, 0.25) is 0 Å². The summed E-state index contributed by atoms with van der Waals surface area (Å²) < 4.78 is 10.9. The van der Waals surface area contributed by atoms with E-state index >= 15 is 0 Å². The molecule has 1 aromatic heterocycles. The number of hydrogen-bond acceptors (Lipinski definition) is 4. The number of benzene rings is 2. The Morgan fingerprint density at radius 3 is 2.58 bits per heavy atom. The van der Waals surface area contributed by atoms with E-state index in [1.807, 2.05) is 43.3 Å². The van der Waals surface area contributed by atoms with Crippen molar-refractivity contribution < 1.29 is 13.9 Å². The van der Waals surface area contributed by atoms with Crippen molar-refractivity contribution in [3.05, 3.63) is 70.4 Å². The summed E-state index contributed by atoms with van der Waals surface area (Å²) in [6.07, 6.45) is 1.05. The van der Waals surface area contributed by atoms with E-state index in [1.54, 1.807) is 12.1 Å². The monoisotopic (exact) mass is 322 g/mol. The van der Waals surface area contributed by atoms with Gasteiger partial charge in [0.05, 0.1) is 18.4 Å². The fraction of sp³-hybridized carbons (Fsp3) is 0.200. The highest BCUT2D eigenvalue weighted by Gasteiger charge is 2.08. The van der Waals surface area contributed by atoms with Gasteiger partial charge in [-0.2, -0.15) is 0 Å². The molecule has 3 rings (SSSR count). The van der Waals surface area contributed by atoms with Crippen LogP contribution in [0.25, 0.3) is 22.3 Å². The van der Waals surface area contributed by atoms with Gasteiger partial charge >= 0.3 is 5.97 Å². The third-order valence-corrected chi connectivity index (χ3v) is 3.69. The van der Waals surface area contributed by atoms with Crippen molar-refractivity contribution in [1.29, 1.82) is 0 Å². The van der Waals surface area contributed by atoms with Gasteiger partial charge in [0.25, 0.3) is 0 Å². The summed E-state index contributed by atoms with van der Waals surface area (Å²) in [5, 5.41) is 0.566. The molecule has 0 aliphatic carbocycles. The Labute approximate surface area is 139 Å². The molecule has 24 heavy (non-hydrogen) atoms. The van der Waals surface area contributed by atoms with E-state index in [1.165, 1.54) is 6.07 Å². The number of rotatable bonds is 5. The van der Waals surface area contributed by atoms with Crippen LogP contribution >= 0.6 is 0 Å². The van der Waals surface area contributed by atoms with Gasteiger partial charge in [-0.25, -0.2) is 0 Å². The molecular formula is C20H18O4. The average Bonchev–Trinajstić information content (AvgIpc) is 2.60. The van der Waals surface area contributed by atoms with Gasteiger partial charge in [-0.15, -0.1) is 0 Å². The predicted octanol–water partition coefficient (Wildman–Crippen LogP) is 3.96. The van der Waals surface area contributed by atoms with Gasteiger partial charge in [0.1, 0.15) is 11.3 Å². The lowest BCUT2D eigenvalue weighted by molar-refractivity contribution is -0.142. The molecule has 0 saturated heterocycles. The summed E-state index contributed by atoms with van der Waals surface area (Å²) >= 11 is 0. The van der Waals surface area contributed by atoms with Crippen LogP contribution in [0.4, 0.5) is 0 Å². The summed E-state index contributed by atoms with van der Waals surface area (Å²) in [6, 6.07) is 16.0. The molecule has 0 saturated carbocycles. The Kier molecular flexibility index (Phi) is 4.75. The first-order chi connectivity index (χ1) is 11.7. The smallest absolute Gasteiger partial charge is 0.310 e. The number of fused-ring (bicyclic) bond motifs is 1. The van der Waals surface area contributed by atoms with Crippen molar-refractivity contribution in [2.45, 2.75) is 19.8 Å². The van der Waals surface area contributed by atoms with Crippen LogP contribution in [0.3, 0.4) is 0 Å². The number of esters is 1. The van der Waals surface area contributed by atoms with Crippen LogP contribution in [-0.2, 0) is 16.0 Å². The Balaban J connectivity index is 1.83. The molecule has 4 nitrogen and oxygen atoms in total. The van der Waals surface area contributed by atoms with E-state index in [4.69, 9.17) is 9.15 Å². The summed E-state index contributed by atoms with van der Waals surface area (Å²) in [5.41, 5.74) is 2.15. The fourth-order valence-corrected chi connectivity index (χ4v) is 2.47. The molecule has 0 aliphatic rings. The summed E-state index contributed by atoms with van der Waals surface area (Å²) in [5.74, 6) is 0.278. The first kappa shape index (κ1) is 16.0. The Morgan fingerprint density at radius 2 is 1.83 bits per heavy atom. The van der Waals surface area contributed by atoms with Crippen molar-refractivity contribution >= 4 is 16.9 Å². The second-order valence-electron chi connectivity index (χ2n) is 5.57. The number of hydrogen-bond donors (Lipinski definition) is 0. The van der Waals surface area contributed by atoms with Gasteiger partial charge in [0.15, 0.2) is 5.43 Å². The highest BCUT2D eigenvalue weighted by atomic mass is 16.5. The third-order valence-electron chi connectivity index (χ3n) is 3.69. The molecule has 0 bridgehead atoms. The Hall–Kier alpha value is -2.88. The van der Waals surface area contributed by atoms with Gasteiger partial charge in [-0.3, -0.25) is 9.59 Å². The molecule has 4 heteroatoms. The van der Waals surface area contributed by atoms with E-state index in [9.17, 15) is 9.59 Å². The van der Waals surface area contributed by atoms with Gasteiger partial charge in [0, 0.05) is 11.6 Å². The van der Waals surface area contributed by atoms with E-state index in [0.29, 0.717) is 23.3 Å². The standard InChI is InChI=1S/C20H18O4/c1-2-11-23-20(22)12-14-7-9-15(10-8-14)19-13-17(21)16-5-3-4-6-18(16)24-19/h3-10,13H,2,11-12H2,1H3. The lowest BCUT2D eigenvalue weighted by atomic mass is 10.1. The zero-order valence-electron chi connectivity index (χ0n) is 13.5. The first-order valence-corrected chi connectivity index (χ1v) is 7.95. The highest BCUT2D eigenvalue weighted by Crippen LogP contribution is 2.22. The summed E-state index contributed by atoms with van der Waals surface area (Å²) in [7, 11) is 0. The fourth-order valence-electron chi connectivity index (χ4n) is 2.47. The molecule has 0 radical (unpaired) electrons. The second-order valence-corrected chi connectivity index (χ2v) is 5.57. The van der Waals surface area contributed by atoms with Crippen LogP contribution in [0.5, 0.6) is 0 Å². The van der Waals surface area contributed by atoms with E-state index in [0.717, 1.165) is 17.5 Å². The molecule has 122 valence electrons. The largest absolute Gasteiger partial charge is 0.465 e. The van der Waals surface area contributed by atoms with Crippen LogP contribution in [0, 0.1) is 0 Å². The molecule has 1 heterocycles. The average molecular weight is 322 g/mol. The molecule has 0 spiro atoms. The number of carbonyl (C=O) groups excluding carboxylic acids is 1. The van der Waals surface area contributed by atoms with Crippen molar-refractivity contribution in [2.24, 2.45) is 0 Å². The van der Waals surface area contributed by atoms with Crippen LogP contribution in [-0.4, -0.2) is 12.6 Å². The van der Waals surface area contributed by atoms with Gasteiger partial charge in [-0.1, -0.05) is 43.3 Å². The zero-order chi connectivity index (χ0) is 16.9. The topological polar surface area (TPSA) is 56.5 Å².